The van der Waals surface area contributed by atoms with E-state index in [1.807, 2.05) is 11.0 Å². The van der Waals surface area contributed by atoms with Crippen molar-refractivity contribution in [2.75, 3.05) is 39.3 Å². The molecule has 2 aliphatic rings. The van der Waals surface area contributed by atoms with Gasteiger partial charge in [-0.2, -0.15) is 0 Å². The Morgan fingerprint density at radius 2 is 1.68 bits per heavy atom. The summed E-state index contributed by atoms with van der Waals surface area (Å²) >= 11 is 0. The van der Waals surface area contributed by atoms with Crippen molar-refractivity contribution >= 4 is 11.8 Å². The highest BCUT2D eigenvalue weighted by molar-refractivity contribution is 5.91. The van der Waals surface area contributed by atoms with Gasteiger partial charge in [-0.15, -0.1) is 0 Å². The van der Waals surface area contributed by atoms with Gasteiger partial charge in [0.25, 0.3) is 5.91 Å². The molecule has 2 amide bonds. The fourth-order valence-corrected chi connectivity index (χ4v) is 4.19. The standard InChI is InChI=1S/C22H27N3O3/c26-21(19-8-4-10-23(17-19)16-18-6-2-1-3-7-18)24-11-13-25(14-12-24)22(27)20-9-5-15-28-20/h1-3,5-7,9,15,19H,4,8,10-14,16-17H2. The number of nitrogens with zero attached hydrogens (tertiary/aromatic N) is 3. The molecule has 0 bridgehead atoms. The van der Waals surface area contributed by atoms with Gasteiger partial charge in [0.05, 0.1) is 12.2 Å². The lowest BCUT2D eigenvalue weighted by atomic mass is 9.95. The molecule has 1 aromatic heterocycles. The summed E-state index contributed by atoms with van der Waals surface area (Å²) < 4.78 is 5.20. The smallest absolute Gasteiger partial charge is 0.289 e. The number of likely N-dealkylation sites (tertiary alicyclic amines) is 1. The molecule has 1 atom stereocenters. The second-order valence-electron chi connectivity index (χ2n) is 7.65. The Morgan fingerprint density at radius 1 is 0.929 bits per heavy atom. The van der Waals surface area contributed by atoms with Crippen LogP contribution in [0.15, 0.2) is 53.1 Å². The van der Waals surface area contributed by atoms with E-state index in [2.05, 4.69) is 29.2 Å². The third kappa shape index (κ3) is 4.28. The van der Waals surface area contributed by atoms with Gasteiger partial charge >= 0.3 is 0 Å². The molecule has 2 fully saturated rings. The summed E-state index contributed by atoms with van der Waals surface area (Å²) in [4.78, 5) is 31.5. The molecular weight excluding hydrogens is 354 g/mol. The summed E-state index contributed by atoms with van der Waals surface area (Å²) in [6, 6.07) is 13.8. The van der Waals surface area contributed by atoms with E-state index >= 15 is 0 Å². The van der Waals surface area contributed by atoms with Crippen molar-refractivity contribution in [3.05, 3.63) is 60.1 Å². The number of piperazine rings is 1. The van der Waals surface area contributed by atoms with E-state index in [0.717, 1.165) is 32.5 Å². The fraction of sp³-hybridized carbons (Fsp3) is 0.455. The molecule has 0 spiro atoms. The Balaban J connectivity index is 1.29. The maximum Gasteiger partial charge on any atom is 0.289 e. The number of benzene rings is 1. The van der Waals surface area contributed by atoms with E-state index in [1.165, 1.54) is 11.8 Å². The zero-order valence-corrected chi connectivity index (χ0v) is 16.1. The Bertz CT molecular complexity index is 783. The van der Waals surface area contributed by atoms with Crippen LogP contribution in [0.3, 0.4) is 0 Å². The second kappa shape index (κ2) is 8.61. The maximum atomic E-state index is 13.0. The molecule has 2 aromatic rings. The van der Waals surface area contributed by atoms with Gasteiger partial charge in [0.2, 0.25) is 5.91 Å². The topological polar surface area (TPSA) is 57.0 Å². The number of carbonyl (C=O) groups is 2. The van der Waals surface area contributed by atoms with Gasteiger partial charge in [-0.1, -0.05) is 30.3 Å². The minimum Gasteiger partial charge on any atom is -0.459 e. The van der Waals surface area contributed by atoms with Crippen LogP contribution in [0.5, 0.6) is 0 Å². The molecule has 2 aliphatic heterocycles. The SMILES string of the molecule is O=C(c1ccco1)N1CCN(C(=O)C2CCCN(Cc3ccccc3)C2)CC1. The van der Waals surface area contributed by atoms with Crippen molar-refractivity contribution in [3.8, 4) is 0 Å². The van der Waals surface area contributed by atoms with E-state index in [-0.39, 0.29) is 17.7 Å². The fourth-order valence-electron chi connectivity index (χ4n) is 4.19. The first kappa shape index (κ1) is 18.7. The molecule has 2 saturated heterocycles. The number of hydrogen-bond donors (Lipinski definition) is 0. The summed E-state index contributed by atoms with van der Waals surface area (Å²) in [6.45, 7) is 5.08. The van der Waals surface area contributed by atoms with Crippen LogP contribution in [0.2, 0.25) is 0 Å². The van der Waals surface area contributed by atoms with Crippen LogP contribution in [-0.2, 0) is 11.3 Å². The largest absolute Gasteiger partial charge is 0.459 e. The highest BCUT2D eigenvalue weighted by Gasteiger charge is 2.32. The van der Waals surface area contributed by atoms with Crippen LogP contribution in [0.1, 0.15) is 29.0 Å². The van der Waals surface area contributed by atoms with Crippen molar-refractivity contribution in [3.63, 3.8) is 0 Å². The minimum absolute atomic E-state index is 0.0600. The molecule has 3 heterocycles. The van der Waals surface area contributed by atoms with Crippen LogP contribution in [0.4, 0.5) is 0 Å². The first-order valence-electron chi connectivity index (χ1n) is 10.1. The summed E-state index contributed by atoms with van der Waals surface area (Å²) in [7, 11) is 0. The normalized spacial score (nSPS) is 20.9. The van der Waals surface area contributed by atoms with Crippen molar-refractivity contribution in [2.24, 2.45) is 5.92 Å². The highest BCUT2D eigenvalue weighted by Crippen LogP contribution is 2.21. The second-order valence-corrected chi connectivity index (χ2v) is 7.65. The highest BCUT2D eigenvalue weighted by atomic mass is 16.3. The van der Waals surface area contributed by atoms with Crippen molar-refractivity contribution in [2.45, 2.75) is 19.4 Å². The van der Waals surface area contributed by atoms with Gasteiger partial charge in [-0.3, -0.25) is 14.5 Å². The number of hydrogen-bond acceptors (Lipinski definition) is 4. The predicted molar refractivity (Wildman–Crippen MR) is 106 cm³/mol. The van der Waals surface area contributed by atoms with Crippen molar-refractivity contribution in [1.29, 1.82) is 0 Å². The molecule has 6 heteroatoms. The molecule has 0 saturated carbocycles. The predicted octanol–water partition coefficient (Wildman–Crippen LogP) is 2.48. The zero-order valence-electron chi connectivity index (χ0n) is 16.1. The summed E-state index contributed by atoms with van der Waals surface area (Å²) in [5.74, 6) is 0.569. The first-order chi connectivity index (χ1) is 13.7. The molecule has 1 unspecified atom stereocenters. The van der Waals surface area contributed by atoms with Gasteiger partial charge in [0, 0.05) is 39.3 Å². The summed E-state index contributed by atoms with van der Waals surface area (Å²) in [5, 5.41) is 0. The Kier molecular flexibility index (Phi) is 5.76. The third-order valence-corrected chi connectivity index (χ3v) is 5.71. The Labute approximate surface area is 165 Å². The van der Waals surface area contributed by atoms with E-state index < -0.39 is 0 Å². The average Bonchev–Trinajstić information content (AvgIpc) is 3.29. The van der Waals surface area contributed by atoms with Crippen molar-refractivity contribution < 1.29 is 14.0 Å². The van der Waals surface area contributed by atoms with E-state index in [9.17, 15) is 9.59 Å². The first-order valence-corrected chi connectivity index (χ1v) is 10.1. The molecule has 0 aliphatic carbocycles. The lowest BCUT2D eigenvalue weighted by molar-refractivity contribution is -0.139. The molecule has 6 nitrogen and oxygen atoms in total. The van der Waals surface area contributed by atoms with Crippen LogP contribution < -0.4 is 0 Å². The molecule has 4 rings (SSSR count). The van der Waals surface area contributed by atoms with Gasteiger partial charge in [0.15, 0.2) is 5.76 Å². The lowest BCUT2D eigenvalue weighted by Gasteiger charge is -2.38. The van der Waals surface area contributed by atoms with Crippen molar-refractivity contribution in [1.82, 2.24) is 14.7 Å². The molecule has 28 heavy (non-hydrogen) atoms. The van der Waals surface area contributed by atoms with Gasteiger partial charge < -0.3 is 14.2 Å². The monoisotopic (exact) mass is 381 g/mol. The Morgan fingerprint density at radius 3 is 2.39 bits per heavy atom. The van der Waals surface area contributed by atoms with Crippen LogP contribution in [-0.4, -0.2) is 65.8 Å². The lowest BCUT2D eigenvalue weighted by Crippen LogP contribution is -2.53. The Hall–Kier alpha value is -2.60. The van der Waals surface area contributed by atoms with Crippen LogP contribution >= 0.6 is 0 Å². The molecule has 1 aromatic carbocycles. The summed E-state index contributed by atoms with van der Waals surface area (Å²) in [5.41, 5.74) is 1.29. The van der Waals surface area contributed by atoms with Gasteiger partial charge in [-0.05, 0) is 37.1 Å². The average molecular weight is 381 g/mol. The van der Waals surface area contributed by atoms with E-state index in [0.29, 0.717) is 31.9 Å². The number of amides is 2. The molecular formula is C22H27N3O3. The maximum absolute atomic E-state index is 13.0. The van der Waals surface area contributed by atoms with Gasteiger partial charge in [-0.25, -0.2) is 0 Å². The number of furan rings is 1. The van der Waals surface area contributed by atoms with Crippen LogP contribution in [0, 0.1) is 5.92 Å². The number of rotatable bonds is 4. The van der Waals surface area contributed by atoms with E-state index in [4.69, 9.17) is 4.42 Å². The molecule has 0 radical (unpaired) electrons. The van der Waals surface area contributed by atoms with Crippen LogP contribution in [0.25, 0.3) is 0 Å². The summed E-state index contributed by atoms with van der Waals surface area (Å²) in [6.07, 6.45) is 3.52. The molecule has 148 valence electrons. The number of carbonyl (C=O) groups excluding carboxylic acids is 2. The van der Waals surface area contributed by atoms with E-state index in [1.54, 1.807) is 17.0 Å². The zero-order chi connectivity index (χ0) is 19.3. The van der Waals surface area contributed by atoms with Gasteiger partial charge in [0.1, 0.15) is 0 Å². The third-order valence-electron chi connectivity index (χ3n) is 5.71. The minimum atomic E-state index is -0.0937. The quantitative estimate of drug-likeness (QED) is 0.816. The molecule has 0 N–H and O–H groups in total. The number of piperidine rings is 1.